The van der Waals surface area contributed by atoms with E-state index >= 15 is 0 Å². The van der Waals surface area contributed by atoms with Crippen molar-refractivity contribution in [2.24, 2.45) is 46.3 Å². The molecule has 0 amide bonds. The Kier molecular flexibility index (Phi) is 17.8. The average Bonchev–Trinajstić information content (AvgIpc) is 3.96. The molecule has 0 bridgehead atoms. The summed E-state index contributed by atoms with van der Waals surface area (Å²) in [6.45, 7) is 7.62. The molecular formula is C51H84O25. The fourth-order valence-electron chi connectivity index (χ4n) is 15.1. The van der Waals surface area contributed by atoms with E-state index in [0.717, 1.165) is 5.57 Å². The van der Waals surface area contributed by atoms with Gasteiger partial charge in [0.15, 0.2) is 30.9 Å². The minimum atomic E-state index is -1.86. The van der Waals surface area contributed by atoms with Crippen molar-refractivity contribution in [3.63, 3.8) is 0 Å². The zero-order valence-electron chi connectivity index (χ0n) is 43.5. The molecule has 25 nitrogen and oxygen atoms in total. The third-order valence-corrected chi connectivity index (χ3v) is 19.5. The summed E-state index contributed by atoms with van der Waals surface area (Å²) in [6, 6.07) is 0. The molecule has 0 aromatic rings. The molecule has 438 valence electrons. The summed E-state index contributed by atoms with van der Waals surface area (Å²) in [6.07, 6.45) is -29.6. The van der Waals surface area contributed by atoms with E-state index in [-0.39, 0.29) is 67.5 Å². The fourth-order valence-corrected chi connectivity index (χ4v) is 15.1. The maximum atomic E-state index is 12.4. The minimum absolute atomic E-state index is 0.0118. The van der Waals surface area contributed by atoms with Crippen LogP contribution in [0.5, 0.6) is 0 Å². The van der Waals surface area contributed by atoms with E-state index < -0.39 is 178 Å². The number of rotatable bonds is 15. The van der Waals surface area contributed by atoms with E-state index in [1.165, 1.54) is 6.92 Å². The van der Waals surface area contributed by atoms with Gasteiger partial charge in [-0.3, -0.25) is 0 Å². The van der Waals surface area contributed by atoms with Gasteiger partial charge < -0.3 is 124 Å². The van der Waals surface area contributed by atoms with Crippen molar-refractivity contribution in [3.8, 4) is 0 Å². The Morgan fingerprint density at radius 1 is 0.645 bits per heavy atom. The molecule has 0 aromatic carbocycles. The first-order valence-electron chi connectivity index (χ1n) is 27.1. The van der Waals surface area contributed by atoms with Crippen molar-refractivity contribution in [2.45, 2.75) is 233 Å². The van der Waals surface area contributed by atoms with Crippen molar-refractivity contribution in [1.29, 1.82) is 0 Å². The standard InChI is InChI=1S/C51H84O25/c1-18(16-68-45-41(64)38(61)34(57)27(14-52)72-45)8-9-51(67)19(2)31-26(76-51)12-24-23-7-6-21-10-22(11-30(55)50(21,5)32(23)25(54)13-49(24,31)4)71-48-44(75-47-43(66)37(60)33(56)20(3)70-47)40(63)36(59)29(74-48)17-69-46-42(65)39(62)35(58)28(15-53)73-46/h6,18-20,22-48,52-67H,7-17H2,1-5H3. The Morgan fingerprint density at radius 2 is 1.22 bits per heavy atom. The highest BCUT2D eigenvalue weighted by atomic mass is 16.8. The molecule has 0 aromatic heterocycles. The minimum Gasteiger partial charge on any atom is -0.394 e. The summed E-state index contributed by atoms with van der Waals surface area (Å²) in [5.74, 6) is -2.44. The van der Waals surface area contributed by atoms with Crippen molar-refractivity contribution in [3.05, 3.63) is 11.6 Å². The molecule has 76 heavy (non-hydrogen) atoms. The van der Waals surface area contributed by atoms with Crippen molar-refractivity contribution < 1.29 is 124 Å². The van der Waals surface area contributed by atoms with E-state index in [4.69, 9.17) is 42.6 Å². The number of ether oxygens (including phenoxy) is 9. The van der Waals surface area contributed by atoms with Crippen LogP contribution >= 0.6 is 0 Å². The van der Waals surface area contributed by atoms with Gasteiger partial charge in [-0.2, -0.15) is 0 Å². The van der Waals surface area contributed by atoms with Gasteiger partial charge in [-0.15, -0.1) is 0 Å². The number of aliphatic hydroxyl groups excluding tert-OH is 15. The van der Waals surface area contributed by atoms with Crippen LogP contribution in [0.3, 0.4) is 0 Å². The quantitative estimate of drug-likeness (QED) is 0.0682. The van der Waals surface area contributed by atoms with Crippen LogP contribution in [0.4, 0.5) is 0 Å². The Hall–Kier alpha value is -1.26. The molecule has 4 aliphatic carbocycles. The molecule has 33 atom stereocenters. The van der Waals surface area contributed by atoms with Crippen LogP contribution in [-0.4, -0.2) is 261 Å². The second kappa shape index (κ2) is 22.8. The lowest BCUT2D eigenvalue weighted by Crippen LogP contribution is -2.65. The van der Waals surface area contributed by atoms with Gasteiger partial charge in [0.1, 0.15) is 91.6 Å². The van der Waals surface area contributed by atoms with Crippen LogP contribution < -0.4 is 0 Å². The molecule has 9 rings (SSSR count). The van der Waals surface area contributed by atoms with E-state index in [0.29, 0.717) is 25.7 Å². The lowest BCUT2D eigenvalue weighted by Gasteiger charge is -2.61. The second-order valence-corrected chi connectivity index (χ2v) is 24.1. The van der Waals surface area contributed by atoms with Gasteiger partial charge in [0.25, 0.3) is 0 Å². The zero-order valence-corrected chi connectivity index (χ0v) is 43.5. The maximum absolute atomic E-state index is 12.4. The highest BCUT2D eigenvalue weighted by Crippen LogP contribution is 2.70. The highest BCUT2D eigenvalue weighted by Gasteiger charge is 2.70. The van der Waals surface area contributed by atoms with Gasteiger partial charge in [0.2, 0.25) is 0 Å². The molecule has 16 N–H and O–H groups in total. The Labute approximate surface area is 440 Å². The predicted molar refractivity (Wildman–Crippen MR) is 253 cm³/mol. The first-order chi connectivity index (χ1) is 35.8. The van der Waals surface area contributed by atoms with E-state index in [9.17, 15) is 81.7 Å². The molecule has 3 saturated carbocycles. The molecule has 0 radical (unpaired) electrons. The number of aliphatic hydroxyl groups is 16. The summed E-state index contributed by atoms with van der Waals surface area (Å²) in [5.41, 5.74) is -0.533. The monoisotopic (exact) mass is 1100 g/mol. The summed E-state index contributed by atoms with van der Waals surface area (Å²) < 4.78 is 53.5. The Bertz CT molecular complexity index is 1990. The van der Waals surface area contributed by atoms with Gasteiger partial charge >= 0.3 is 0 Å². The van der Waals surface area contributed by atoms with Crippen molar-refractivity contribution in [1.82, 2.24) is 0 Å². The number of allylic oxidation sites excluding steroid dienone is 1. The number of hydrogen-bond acceptors (Lipinski definition) is 25. The first-order valence-corrected chi connectivity index (χ1v) is 27.1. The van der Waals surface area contributed by atoms with Crippen LogP contribution in [-0.2, 0) is 42.6 Å². The SMILES string of the molecule is CC(CCC1(O)OC2CC3C4CC=C5CC(OC6OC(COC7OC(CO)C(O)C(O)C7O)C(O)C(O)C6OC6OC(C)C(O)C(O)C6O)CC(O)C5(C)C4C(O)CC3(C)C2C1C)COC1OC(CO)C(O)C(O)C1O. The third kappa shape index (κ3) is 10.4. The van der Waals surface area contributed by atoms with Crippen LogP contribution in [0.25, 0.3) is 0 Å². The summed E-state index contributed by atoms with van der Waals surface area (Å²) in [7, 11) is 0. The van der Waals surface area contributed by atoms with Crippen LogP contribution in [0.1, 0.15) is 79.6 Å². The number of fused-ring (bicyclic) bond motifs is 7. The highest BCUT2D eigenvalue weighted by molar-refractivity contribution is 5.30. The third-order valence-electron chi connectivity index (χ3n) is 19.5. The second-order valence-electron chi connectivity index (χ2n) is 24.1. The predicted octanol–water partition coefficient (Wildman–Crippen LogP) is -5.07. The molecule has 5 heterocycles. The lowest BCUT2D eigenvalue weighted by molar-refractivity contribution is -0.375. The van der Waals surface area contributed by atoms with Crippen LogP contribution in [0.2, 0.25) is 0 Å². The van der Waals surface area contributed by atoms with Crippen LogP contribution in [0.15, 0.2) is 11.6 Å². The van der Waals surface area contributed by atoms with E-state index in [2.05, 4.69) is 13.0 Å². The maximum Gasteiger partial charge on any atom is 0.187 e. The van der Waals surface area contributed by atoms with Gasteiger partial charge in [-0.1, -0.05) is 39.3 Å². The van der Waals surface area contributed by atoms with E-state index in [1.54, 1.807) is 0 Å². The lowest BCUT2D eigenvalue weighted by atomic mass is 9.45. The molecule has 8 fully saturated rings. The number of hydrogen-bond donors (Lipinski definition) is 16. The van der Waals surface area contributed by atoms with Gasteiger partial charge in [-0.05, 0) is 74.0 Å². The molecule has 5 saturated heterocycles. The molecule has 5 aliphatic heterocycles. The topological polar surface area (TPSA) is 407 Å². The molecule has 9 aliphatic rings. The Morgan fingerprint density at radius 3 is 1.86 bits per heavy atom. The summed E-state index contributed by atoms with van der Waals surface area (Å²) >= 11 is 0. The first kappa shape index (κ1) is 59.4. The average molecular weight is 1100 g/mol. The van der Waals surface area contributed by atoms with Gasteiger partial charge in [0.05, 0.1) is 56.9 Å². The van der Waals surface area contributed by atoms with Gasteiger partial charge in [0, 0.05) is 24.2 Å². The smallest absolute Gasteiger partial charge is 0.187 e. The molecule has 0 spiro atoms. The summed E-state index contributed by atoms with van der Waals surface area (Å²) in [5, 5.41) is 173. The van der Waals surface area contributed by atoms with Crippen molar-refractivity contribution >= 4 is 0 Å². The molecule has 33 unspecified atom stereocenters. The van der Waals surface area contributed by atoms with E-state index in [1.807, 2.05) is 20.8 Å². The largest absolute Gasteiger partial charge is 0.394 e. The fraction of sp³-hybridized carbons (Fsp3) is 0.961. The zero-order chi connectivity index (χ0) is 55.2. The molecule has 25 heteroatoms. The normalized spacial score (nSPS) is 55.8. The summed E-state index contributed by atoms with van der Waals surface area (Å²) in [4.78, 5) is 0. The molecular weight excluding hydrogens is 1010 g/mol. The van der Waals surface area contributed by atoms with Crippen molar-refractivity contribution in [2.75, 3.05) is 26.4 Å². The Balaban J connectivity index is 0.869. The van der Waals surface area contributed by atoms with Crippen LogP contribution in [0, 0.1) is 46.3 Å². The van der Waals surface area contributed by atoms with Gasteiger partial charge in [-0.25, -0.2) is 0 Å².